The topological polar surface area (TPSA) is 142 Å². The normalized spacial score (nSPS) is 9.11. The fourth-order valence-electron chi connectivity index (χ4n) is 4.13. The minimum atomic E-state index is 0.322. The van der Waals surface area contributed by atoms with Crippen LogP contribution in [0.4, 0.5) is 0 Å². The van der Waals surface area contributed by atoms with Crippen molar-refractivity contribution in [2.24, 2.45) is 0 Å². The van der Waals surface area contributed by atoms with Crippen molar-refractivity contribution in [2.45, 2.75) is 48.0 Å². The maximum atomic E-state index is 9.04. The van der Waals surface area contributed by atoms with E-state index < -0.39 is 0 Å². The lowest BCUT2D eigenvalue weighted by Crippen LogP contribution is -1.75. The van der Waals surface area contributed by atoms with Gasteiger partial charge in [-0.3, -0.25) is 0 Å². The van der Waals surface area contributed by atoms with Crippen LogP contribution in [-0.4, -0.2) is 35.7 Å². The van der Waals surface area contributed by atoms with Gasteiger partial charge < -0.3 is 35.7 Å². The Labute approximate surface area is 332 Å². The SMILES string of the molecule is CCc1ccc(O)cc1.Cc1ccc(O)c(C)c1.Cc1ccc(O)cc1.Cc1cccc(O)c1.Cc1ccccc1O.Oc1ccccc1.Oc1ccccc1. The van der Waals surface area contributed by atoms with Crippen LogP contribution in [-0.2, 0) is 6.42 Å². The summed E-state index contributed by atoms with van der Waals surface area (Å²) in [7, 11) is 0. The van der Waals surface area contributed by atoms with Crippen molar-refractivity contribution in [3.8, 4) is 40.2 Å². The second kappa shape index (κ2) is 27.7. The van der Waals surface area contributed by atoms with Crippen molar-refractivity contribution in [1.29, 1.82) is 0 Å². The Kier molecular flexibility index (Phi) is 23.3. The van der Waals surface area contributed by atoms with E-state index in [-0.39, 0.29) is 0 Å². The first kappa shape index (κ1) is 47.2. The van der Waals surface area contributed by atoms with E-state index in [4.69, 9.17) is 35.7 Å². The quantitative estimate of drug-likeness (QED) is 0.0884. The molecule has 7 nitrogen and oxygen atoms in total. The number of benzene rings is 7. The first-order chi connectivity index (χ1) is 26.7. The zero-order valence-corrected chi connectivity index (χ0v) is 33.1. The molecule has 294 valence electrons. The van der Waals surface area contributed by atoms with E-state index in [1.807, 2.05) is 113 Å². The minimum absolute atomic E-state index is 0.322. The van der Waals surface area contributed by atoms with Crippen molar-refractivity contribution < 1.29 is 35.7 Å². The van der Waals surface area contributed by atoms with Crippen LogP contribution >= 0.6 is 0 Å². The van der Waals surface area contributed by atoms with Gasteiger partial charge >= 0.3 is 0 Å². The molecule has 0 saturated carbocycles. The molecule has 7 N–H and O–H groups in total. The number of rotatable bonds is 1. The molecule has 0 aromatic heterocycles. The lowest BCUT2D eigenvalue weighted by Gasteiger charge is -1.97. The van der Waals surface area contributed by atoms with E-state index in [2.05, 4.69) is 6.92 Å². The van der Waals surface area contributed by atoms with Gasteiger partial charge in [0.15, 0.2) is 0 Å². The summed E-state index contributed by atoms with van der Waals surface area (Å²) < 4.78 is 0. The molecular formula is C49H56O7. The highest BCUT2D eigenvalue weighted by Gasteiger charge is 1.92. The Hall–Kier alpha value is -6.86. The fourth-order valence-corrected chi connectivity index (χ4v) is 4.13. The highest BCUT2D eigenvalue weighted by Crippen LogP contribution is 2.16. The molecule has 0 spiro atoms. The molecule has 7 heteroatoms. The van der Waals surface area contributed by atoms with Gasteiger partial charge in [0.1, 0.15) is 40.2 Å². The molecule has 0 saturated heterocycles. The third-order valence-electron chi connectivity index (χ3n) is 7.36. The van der Waals surface area contributed by atoms with Gasteiger partial charge in [-0.2, -0.15) is 0 Å². The first-order valence-electron chi connectivity index (χ1n) is 18.0. The van der Waals surface area contributed by atoms with Gasteiger partial charge in [0, 0.05) is 0 Å². The Bertz CT molecular complexity index is 1930. The molecule has 7 aromatic rings. The van der Waals surface area contributed by atoms with E-state index in [1.54, 1.807) is 97.1 Å². The van der Waals surface area contributed by atoms with E-state index in [0.29, 0.717) is 40.2 Å². The van der Waals surface area contributed by atoms with E-state index >= 15 is 0 Å². The van der Waals surface area contributed by atoms with E-state index in [1.165, 1.54) is 16.7 Å². The standard InChI is InChI=1S/2C8H10O.3C7H8O.2C6H6O/c1-6-3-4-8(9)7(2)5-6;1-2-7-3-5-8(9)6-4-7;1-6-2-4-7(8)5-3-6;1-6-3-2-4-7(8)5-6;1-6-4-2-3-5-7(6)8;2*7-6-4-2-1-3-5-6/h3-5,9H,1-2H3;3-6,9H,2H2,1H3;3*2-5,8H,1H3;2*1-5,7H. The highest BCUT2D eigenvalue weighted by molar-refractivity contribution is 5.34. The summed E-state index contributed by atoms with van der Waals surface area (Å²) in [5.41, 5.74) is 6.56. The Morgan fingerprint density at radius 2 is 0.696 bits per heavy atom. The summed E-state index contributed by atoms with van der Waals surface area (Å²) in [6, 6.07) is 51.7. The number of phenols is 7. The second-order valence-corrected chi connectivity index (χ2v) is 12.4. The average Bonchev–Trinajstić information content (AvgIpc) is 3.18. The zero-order valence-electron chi connectivity index (χ0n) is 33.1. The second-order valence-electron chi connectivity index (χ2n) is 12.4. The van der Waals surface area contributed by atoms with Crippen LogP contribution < -0.4 is 0 Å². The lowest BCUT2D eigenvalue weighted by atomic mass is 10.1. The van der Waals surface area contributed by atoms with Crippen LogP contribution in [0.3, 0.4) is 0 Å². The molecule has 0 unspecified atom stereocenters. The molecule has 0 radical (unpaired) electrons. The number of aryl methyl sites for hydroxylation is 6. The van der Waals surface area contributed by atoms with Crippen molar-refractivity contribution in [1.82, 2.24) is 0 Å². The van der Waals surface area contributed by atoms with Gasteiger partial charge in [0.05, 0.1) is 0 Å². The summed E-state index contributed by atoms with van der Waals surface area (Å²) >= 11 is 0. The van der Waals surface area contributed by atoms with Gasteiger partial charge in [-0.15, -0.1) is 0 Å². The summed E-state index contributed by atoms with van der Waals surface area (Å²) in [5.74, 6) is 2.39. The number of hydrogen-bond acceptors (Lipinski definition) is 7. The molecule has 56 heavy (non-hydrogen) atoms. The van der Waals surface area contributed by atoms with Crippen molar-refractivity contribution in [3.63, 3.8) is 0 Å². The summed E-state index contributed by atoms with van der Waals surface area (Å²) in [6.07, 6.45) is 1.03. The number of para-hydroxylation sites is 3. The Morgan fingerprint density at radius 3 is 1.02 bits per heavy atom. The molecule has 0 aliphatic heterocycles. The van der Waals surface area contributed by atoms with Crippen LogP contribution in [0, 0.1) is 34.6 Å². The number of hydrogen-bond donors (Lipinski definition) is 7. The molecule has 0 aliphatic carbocycles. The van der Waals surface area contributed by atoms with E-state index in [0.717, 1.165) is 23.1 Å². The summed E-state index contributed by atoms with van der Waals surface area (Å²) in [4.78, 5) is 0. The molecule has 0 heterocycles. The molecule has 7 aromatic carbocycles. The van der Waals surface area contributed by atoms with Gasteiger partial charge in [-0.25, -0.2) is 0 Å². The molecule has 0 atom stereocenters. The number of phenolic OH excluding ortho intramolecular Hbond substituents is 7. The number of aromatic hydroxyl groups is 7. The maximum Gasteiger partial charge on any atom is 0.118 e. The third kappa shape index (κ3) is 23.7. The third-order valence-corrected chi connectivity index (χ3v) is 7.36. The predicted molar refractivity (Wildman–Crippen MR) is 230 cm³/mol. The predicted octanol–water partition coefficient (Wildman–Crippen LogP) is 11.8. The van der Waals surface area contributed by atoms with E-state index in [9.17, 15) is 0 Å². The molecule has 7 rings (SSSR count). The molecule has 0 aliphatic rings. The Balaban J connectivity index is 0.000000327. The van der Waals surface area contributed by atoms with Crippen LogP contribution in [0.15, 0.2) is 176 Å². The van der Waals surface area contributed by atoms with Crippen LogP contribution in [0.1, 0.15) is 40.3 Å². The van der Waals surface area contributed by atoms with Crippen LogP contribution in [0.2, 0.25) is 0 Å². The smallest absolute Gasteiger partial charge is 0.118 e. The van der Waals surface area contributed by atoms with Gasteiger partial charge in [-0.05, 0) is 136 Å². The fraction of sp³-hybridized carbons (Fsp3) is 0.143. The summed E-state index contributed by atoms with van der Waals surface area (Å²) in [6.45, 7) is 11.8. The van der Waals surface area contributed by atoms with Crippen LogP contribution in [0.5, 0.6) is 40.2 Å². The first-order valence-corrected chi connectivity index (χ1v) is 18.0. The molecule has 0 bridgehead atoms. The molecule has 0 fully saturated rings. The van der Waals surface area contributed by atoms with Gasteiger partial charge in [0.2, 0.25) is 0 Å². The largest absolute Gasteiger partial charge is 0.508 e. The van der Waals surface area contributed by atoms with Crippen LogP contribution in [0.25, 0.3) is 0 Å². The zero-order chi connectivity index (χ0) is 41.7. The van der Waals surface area contributed by atoms with Gasteiger partial charge in [0.25, 0.3) is 0 Å². The monoisotopic (exact) mass is 756 g/mol. The highest BCUT2D eigenvalue weighted by atomic mass is 16.3. The summed E-state index contributed by atoms with van der Waals surface area (Å²) in [5, 5.41) is 61.6. The average molecular weight is 757 g/mol. The van der Waals surface area contributed by atoms with Crippen molar-refractivity contribution in [3.05, 3.63) is 209 Å². The molecule has 0 amide bonds. The lowest BCUT2D eigenvalue weighted by molar-refractivity contribution is 0.470. The maximum absolute atomic E-state index is 9.04. The Morgan fingerprint density at radius 1 is 0.304 bits per heavy atom. The van der Waals surface area contributed by atoms with Crippen molar-refractivity contribution in [2.75, 3.05) is 0 Å². The minimum Gasteiger partial charge on any atom is -0.508 e. The van der Waals surface area contributed by atoms with Crippen molar-refractivity contribution >= 4 is 0 Å². The molecular weight excluding hydrogens is 701 g/mol. The van der Waals surface area contributed by atoms with Gasteiger partial charge in [-0.1, -0.05) is 121 Å².